The van der Waals surface area contributed by atoms with Crippen LogP contribution in [0.25, 0.3) is 0 Å². The van der Waals surface area contributed by atoms with Crippen molar-refractivity contribution < 1.29 is 9.47 Å². The van der Waals surface area contributed by atoms with Gasteiger partial charge < -0.3 is 14.8 Å². The van der Waals surface area contributed by atoms with E-state index < -0.39 is 0 Å². The van der Waals surface area contributed by atoms with Gasteiger partial charge in [0.05, 0.1) is 25.5 Å². The van der Waals surface area contributed by atoms with Crippen LogP contribution in [0, 0.1) is 11.3 Å². The molecule has 0 unspecified atom stereocenters. The summed E-state index contributed by atoms with van der Waals surface area (Å²) >= 11 is 5.97. The minimum absolute atomic E-state index is 0.495. The third-order valence-corrected chi connectivity index (χ3v) is 3.29. The molecular weight excluding hydrogens is 288 g/mol. The maximum atomic E-state index is 9.11. The Morgan fingerprint density at radius 2 is 2.00 bits per heavy atom. The Morgan fingerprint density at radius 1 is 1.19 bits per heavy atom. The van der Waals surface area contributed by atoms with Crippen molar-refractivity contribution in [1.29, 1.82) is 5.26 Å². The number of rotatable bonds is 5. The maximum absolute atomic E-state index is 9.11. The van der Waals surface area contributed by atoms with E-state index in [1.54, 1.807) is 32.4 Å². The van der Waals surface area contributed by atoms with Gasteiger partial charge in [-0.05, 0) is 24.3 Å². The highest BCUT2D eigenvalue weighted by Gasteiger charge is 2.10. The van der Waals surface area contributed by atoms with Gasteiger partial charge >= 0.3 is 0 Å². The second-order valence-corrected chi connectivity index (χ2v) is 4.74. The molecule has 4 nitrogen and oxygen atoms in total. The van der Waals surface area contributed by atoms with Crippen LogP contribution in [0.15, 0.2) is 36.4 Å². The van der Waals surface area contributed by atoms with Gasteiger partial charge in [0, 0.05) is 17.1 Å². The van der Waals surface area contributed by atoms with Crippen molar-refractivity contribution in [1.82, 2.24) is 0 Å². The van der Waals surface area contributed by atoms with Gasteiger partial charge in [-0.1, -0.05) is 23.7 Å². The molecule has 0 aliphatic carbocycles. The highest BCUT2D eigenvalue weighted by molar-refractivity contribution is 6.30. The first-order chi connectivity index (χ1) is 10.2. The predicted molar refractivity (Wildman–Crippen MR) is 83.0 cm³/mol. The van der Waals surface area contributed by atoms with Crippen LogP contribution >= 0.6 is 11.6 Å². The summed E-state index contributed by atoms with van der Waals surface area (Å²) in [5.74, 6) is 1.34. The average Bonchev–Trinajstić information content (AvgIpc) is 2.52. The highest BCUT2D eigenvalue weighted by atomic mass is 35.5. The fraction of sp³-hybridized carbons (Fsp3) is 0.188. The van der Waals surface area contributed by atoms with Gasteiger partial charge in [0.25, 0.3) is 0 Å². The molecule has 2 aromatic carbocycles. The van der Waals surface area contributed by atoms with Crippen molar-refractivity contribution in [2.24, 2.45) is 0 Å². The number of nitriles is 1. The van der Waals surface area contributed by atoms with E-state index in [-0.39, 0.29) is 0 Å². The molecule has 0 radical (unpaired) electrons. The summed E-state index contributed by atoms with van der Waals surface area (Å²) in [7, 11) is 3.20. The van der Waals surface area contributed by atoms with Crippen molar-refractivity contribution in [3.8, 4) is 17.6 Å². The molecule has 0 amide bonds. The van der Waals surface area contributed by atoms with E-state index in [1.807, 2.05) is 18.2 Å². The second kappa shape index (κ2) is 6.87. The molecule has 0 heterocycles. The Morgan fingerprint density at radius 3 is 2.67 bits per heavy atom. The predicted octanol–water partition coefficient (Wildman–Crippen LogP) is 3.84. The van der Waals surface area contributed by atoms with Crippen LogP contribution in [0.4, 0.5) is 5.69 Å². The standard InChI is InChI=1S/C16H15ClN2O2/c1-20-15-5-3-4-12(16(15)21-2)10-19-14-8-13(17)7-6-11(14)9-18/h3-8,19H,10H2,1-2H3. The molecule has 0 atom stereocenters. The van der Waals surface area contributed by atoms with E-state index in [0.29, 0.717) is 34.3 Å². The summed E-state index contributed by atoms with van der Waals surface area (Å²) in [5, 5.41) is 12.9. The Balaban J connectivity index is 2.25. The maximum Gasteiger partial charge on any atom is 0.165 e. The lowest BCUT2D eigenvalue weighted by atomic mass is 10.1. The number of anilines is 1. The Kier molecular flexibility index (Phi) is 4.91. The Labute approximate surface area is 128 Å². The quantitative estimate of drug-likeness (QED) is 0.911. The van der Waals surface area contributed by atoms with Crippen molar-refractivity contribution in [2.75, 3.05) is 19.5 Å². The number of nitrogens with zero attached hydrogens (tertiary/aromatic N) is 1. The van der Waals surface area contributed by atoms with Gasteiger partial charge in [0.15, 0.2) is 11.5 Å². The molecular formula is C16H15ClN2O2. The zero-order valence-corrected chi connectivity index (χ0v) is 12.6. The molecule has 0 fully saturated rings. The van der Waals surface area contributed by atoms with Crippen molar-refractivity contribution in [3.63, 3.8) is 0 Å². The van der Waals surface area contributed by atoms with E-state index in [4.69, 9.17) is 26.3 Å². The summed E-state index contributed by atoms with van der Waals surface area (Å²) in [5.41, 5.74) is 2.16. The third kappa shape index (κ3) is 3.39. The highest BCUT2D eigenvalue weighted by Crippen LogP contribution is 2.31. The summed E-state index contributed by atoms with van der Waals surface area (Å²) < 4.78 is 10.6. The normalized spacial score (nSPS) is 9.81. The number of ether oxygens (including phenoxy) is 2. The number of para-hydroxylation sites is 1. The second-order valence-electron chi connectivity index (χ2n) is 4.31. The smallest absolute Gasteiger partial charge is 0.165 e. The average molecular weight is 303 g/mol. The number of methoxy groups -OCH3 is 2. The van der Waals surface area contributed by atoms with E-state index in [0.717, 1.165) is 5.56 Å². The molecule has 1 N–H and O–H groups in total. The molecule has 0 saturated heterocycles. The number of benzene rings is 2. The lowest BCUT2D eigenvalue weighted by Gasteiger charge is -2.14. The summed E-state index contributed by atoms with van der Waals surface area (Å²) in [6, 6.07) is 12.9. The van der Waals surface area contributed by atoms with Crippen LogP contribution in [0.1, 0.15) is 11.1 Å². The molecule has 0 aliphatic heterocycles. The largest absolute Gasteiger partial charge is 0.493 e. The summed E-state index contributed by atoms with van der Waals surface area (Å²) in [4.78, 5) is 0. The lowest BCUT2D eigenvalue weighted by Crippen LogP contribution is -2.04. The van der Waals surface area contributed by atoms with Crippen LogP contribution in [0.5, 0.6) is 11.5 Å². The number of halogens is 1. The van der Waals surface area contributed by atoms with Gasteiger partial charge in [-0.3, -0.25) is 0 Å². The van der Waals surface area contributed by atoms with Gasteiger partial charge in [0.1, 0.15) is 6.07 Å². The van der Waals surface area contributed by atoms with Crippen LogP contribution in [0.3, 0.4) is 0 Å². The van der Waals surface area contributed by atoms with E-state index in [2.05, 4.69) is 11.4 Å². The fourth-order valence-electron chi connectivity index (χ4n) is 2.04. The van der Waals surface area contributed by atoms with Gasteiger partial charge in [-0.2, -0.15) is 5.26 Å². The van der Waals surface area contributed by atoms with Crippen molar-refractivity contribution in [3.05, 3.63) is 52.5 Å². The van der Waals surface area contributed by atoms with E-state index >= 15 is 0 Å². The number of hydrogen-bond acceptors (Lipinski definition) is 4. The zero-order valence-electron chi connectivity index (χ0n) is 11.8. The molecule has 21 heavy (non-hydrogen) atoms. The first kappa shape index (κ1) is 15.0. The summed E-state index contributed by atoms with van der Waals surface area (Å²) in [6.45, 7) is 0.495. The number of nitrogens with one attached hydrogen (secondary N) is 1. The topological polar surface area (TPSA) is 54.3 Å². The van der Waals surface area contributed by atoms with E-state index in [9.17, 15) is 0 Å². The van der Waals surface area contributed by atoms with Crippen LogP contribution in [-0.4, -0.2) is 14.2 Å². The minimum Gasteiger partial charge on any atom is -0.493 e. The molecule has 0 aromatic heterocycles. The van der Waals surface area contributed by atoms with Crippen LogP contribution < -0.4 is 14.8 Å². The van der Waals surface area contributed by atoms with Gasteiger partial charge in [-0.25, -0.2) is 0 Å². The fourth-order valence-corrected chi connectivity index (χ4v) is 2.22. The van der Waals surface area contributed by atoms with E-state index in [1.165, 1.54) is 0 Å². The molecule has 0 bridgehead atoms. The van der Waals surface area contributed by atoms with Gasteiger partial charge in [0.2, 0.25) is 0 Å². The molecule has 2 aromatic rings. The van der Waals surface area contributed by atoms with Gasteiger partial charge in [-0.15, -0.1) is 0 Å². The lowest BCUT2D eigenvalue weighted by molar-refractivity contribution is 0.352. The minimum atomic E-state index is 0.495. The molecule has 0 aliphatic rings. The SMILES string of the molecule is COc1cccc(CNc2cc(Cl)ccc2C#N)c1OC. The van der Waals surface area contributed by atoms with Crippen LogP contribution in [0.2, 0.25) is 5.02 Å². The van der Waals surface area contributed by atoms with Crippen molar-refractivity contribution >= 4 is 17.3 Å². The van der Waals surface area contributed by atoms with Crippen molar-refractivity contribution in [2.45, 2.75) is 6.54 Å². The molecule has 5 heteroatoms. The third-order valence-electron chi connectivity index (χ3n) is 3.06. The zero-order chi connectivity index (χ0) is 15.2. The summed E-state index contributed by atoms with van der Waals surface area (Å²) in [6.07, 6.45) is 0. The van der Waals surface area contributed by atoms with Crippen LogP contribution in [-0.2, 0) is 6.54 Å². The monoisotopic (exact) mass is 302 g/mol. The first-order valence-corrected chi connectivity index (χ1v) is 6.70. The Bertz CT molecular complexity index is 680. The molecule has 0 spiro atoms. The Hall–Kier alpha value is -2.38. The molecule has 108 valence electrons. The molecule has 0 saturated carbocycles. The first-order valence-electron chi connectivity index (χ1n) is 6.33. The number of hydrogen-bond donors (Lipinski definition) is 1. The molecule has 2 rings (SSSR count).